The Morgan fingerprint density at radius 3 is 2.59 bits per heavy atom. The van der Waals surface area contributed by atoms with Gasteiger partial charge in [-0.25, -0.2) is 19.9 Å². The molecule has 9 heteroatoms. The van der Waals surface area contributed by atoms with Gasteiger partial charge in [0.05, 0.1) is 17.9 Å². The van der Waals surface area contributed by atoms with Gasteiger partial charge in [-0.3, -0.25) is 9.48 Å². The number of aryl methyl sites for hydroxylation is 4. The Bertz CT molecular complexity index is 1130. The summed E-state index contributed by atoms with van der Waals surface area (Å²) in [6.45, 7) is 6.42. The van der Waals surface area contributed by atoms with Gasteiger partial charge in [-0.1, -0.05) is 0 Å². The minimum atomic E-state index is -0.0998. The lowest BCUT2D eigenvalue weighted by Crippen LogP contribution is -2.38. The molecule has 9 nitrogen and oxygen atoms in total. The Labute approximate surface area is 187 Å². The molecule has 0 spiro atoms. The van der Waals surface area contributed by atoms with Crippen molar-refractivity contribution in [3.63, 3.8) is 0 Å². The van der Waals surface area contributed by atoms with Gasteiger partial charge < -0.3 is 10.2 Å². The molecular formula is C23H28N8O. The van der Waals surface area contributed by atoms with E-state index in [9.17, 15) is 4.79 Å². The van der Waals surface area contributed by atoms with Gasteiger partial charge in [-0.05, 0) is 52.2 Å². The Kier molecular flexibility index (Phi) is 6.25. The minimum Gasteiger partial charge on any atom is -0.331 e. The highest BCUT2D eigenvalue weighted by Gasteiger charge is 2.28. The standard InChI is InChI=1S/C23H28N8O/c1-15-11-16(2)26-23(25-15)29-21-12-19(27-17(3)28-21)20-7-5-6-10-31(20)22(32)9-8-18-13-24-30(4)14-18/h8-9,11-14,20H,5-7,10H2,1-4H3,(H,25,26,27,28,29)/b9-8+/t20-/m0/s1. The Hall–Kier alpha value is -3.62. The van der Waals surface area contributed by atoms with Crippen LogP contribution in [0.15, 0.2) is 30.6 Å². The molecule has 166 valence electrons. The molecule has 0 unspecified atom stereocenters. The molecular weight excluding hydrogens is 404 g/mol. The van der Waals surface area contributed by atoms with E-state index in [-0.39, 0.29) is 11.9 Å². The summed E-state index contributed by atoms with van der Waals surface area (Å²) in [4.78, 5) is 33.0. The quantitative estimate of drug-likeness (QED) is 0.616. The molecule has 3 aromatic rings. The summed E-state index contributed by atoms with van der Waals surface area (Å²) >= 11 is 0. The highest BCUT2D eigenvalue weighted by Crippen LogP contribution is 2.31. The molecule has 0 aliphatic carbocycles. The summed E-state index contributed by atoms with van der Waals surface area (Å²) in [5.74, 6) is 1.74. The number of hydrogen-bond donors (Lipinski definition) is 1. The number of hydrogen-bond acceptors (Lipinski definition) is 7. The number of piperidine rings is 1. The molecule has 1 saturated heterocycles. The lowest BCUT2D eigenvalue weighted by Gasteiger charge is -2.35. The highest BCUT2D eigenvalue weighted by atomic mass is 16.2. The van der Waals surface area contributed by atoms with E-state index in [1.165, 1.54) is 0 Å². The zero-order chi connectivity index (χ0) is 22.7. The molecule has 4 rings (SSSR count). The number of aromatic nitrogens is 6. The van der Waals surface area contributed by atoms with E-state index in [1.54, 1.807) is 23.0 Å². The molecule has 1 atom stereocenters. The van der Waals surface area contributed by atoms with Gasteiger partial charge in [0.2, 0.25) is 11.9 Å². The lowest BCUT2D eigenvalue weighted by molar-refractivity contribution is -0.129. The van der Waals surface area contributed by atoms with Gasteiger partial charge in [-0.15, -0.1) is 0 Å². The number of amides is 1. The fourth-order valence-corrected chi connectivity index (χ4v) is 4.01. The summed E-state index contributed by atoms with van der Waals surface area (Å²) in [5, 5.41) is 7.34. The summed E-state index contributed by atoms with van der Waals surface area (Å²) in [6, 6.07) is 3.72. The van der Waals surface area contributed by atoms with Gasteiger partial charge in [0.1, 0.15) is 11.6 Å². The van der Waals surface area contributed by atoms with Crippen molar-refractivity contribution in [3.8, 4) is 0 Å². The fraction of sp³-hybridized carbons (Fsp3) is 0.391. The van der Waals surface area contributed by atoms with Gasteiger partial charge >= 0.3 is 0 Å². The number of rotatable bonds is 5. The van der Waals surface area contributed by atoms with Gasteiger partial charge in [0.25, 0.3) is 0 Å². The number of nitrogens with one attached hydrogen (secondary N) is 1. The van der Waals surface area contributed by atoms with E-state index in [2.05, 4.69) is 30.4 Å². The third-order valence-electron chi connectivity index (χ3n) is 5.35. The Balaban J connectivity index is 1.57. The summed E-state index contributed by atoms with van der Waals surface area (Å²) in [7, 11) is 1.85. The van der Waals surface area contributed by atoms with Gasteiger partial charge in [-0.2, -0.15) is 5.10 Å². The van der Waals surface area contributed by atoms with Crippen molar-refractivity contribution < 1.29 is 4.79 Å². The molecule has 0 bridgehead atoms. The number of likely N-dealkylation sites (tertiary alicyclic amines) is 1. The van der Waals surface area contributed by atoms with Crippen molar-refractivity contribution in [1.29, 1.82) is 0 Å². The number of carbonyl (C=O) groups is 1. The normalized spacial score (nSPS) is 16.5. The highest BCUT2D eigenvalue weighted by molar-refractivity contribution is 5.92. The van der Waals surface area contributed by atoms with Crippen molar-refractivity contribution in [1.82, 2.24) is 34.6 Å². The predicted molar refractivity (Wildman–Crippen MR) is 122 cm³/mol. The van der Waals surface area contributed by atoms with Crippen LogP contribution >= 0.6 is 0 Å². The monoisotopic (exact) mass is 432 g/mol. The Morgan fingerprint density at radius 1 is 1.09 bits per heavy atom. The molecule has 1 N–H and O–H groups in total. The molecule has 1 aliphatic rings. The third-order valence-corrected chi connectivity index (χ3v) is 5.35. The molecule has 0 radical (unpaired) electrons. The van der Waals surface area contributed by atoms with E-state index in [4.69, 9.17) is 0 Å². The molecule has 0 aromatic carbocycles. The van der Waals surface area contributed by atoms with Crippen LogP contribution in [0, 0.1) is 20.8 Å². The summed E-state index contributed by atoms with van der Waals surface area (Å²) in [6.07, 6.45) is 9.92. The maximum atomic E-state index is 13.0. The second kappa shape index (κ2) is 9.25. The smallest absolute Gasteiger partial charge is 0.247 e. The largest absolute Gasteiger partial charge is 0.331 e. The van der Waals surface area contributed by atoms with Crippen molar-refractivity contribution >= 4 is 23.7 Å². The first-order valence-electron chi connectivity index (χ1n) is 10.8. The zero-order valence-corrected chi connectivity index (χ0v) is 18.9. The third kappa shape index (κ3) is 5.16. The van der Waals surface area contributed by atoms with Crippen LogP contribution in [0.1, 0.15) is 53.8 Å². The van der Waals surface area contributed by atoms with Crippen molar-refractivity contribution in [2.24, 2.45) is 7.05 Å². The average molecular weight is 433 g/mol. The first kappa shape index (κ1) is 21.6. The lowest BCUT2D eigenvalue weighted by atomic mass is 9.98. The fourth-order valence-electron chi connectivity index (χ4n) is 4.01. The van der Waals surface area contributed by atoms with Gasteiger partial charge in [0, 0.05) is 48.9 Å². The van der Waals surface area contributed by atoms with Crippen LogP contribution < -0.4 is 5.32 Å². The van der Waals surface area contributed by atoms with Crippen molar-refractivity contribution in [2.45, 2.75) is 46.1 Å². The first-order chi connectivity index (χ1) is 15.4. The minimum absolute atomic E-state index is 0.0260. The predicted octanol–water partition coefficient (Wildman–Crippen LogP) is 3.44. The first-order valence-corrected chi connectivity index (χ1v) is 10.8. The van der Waals surface area contributed by atoms with Crippen LogP contribution in [0.4, 0.5) is 11.8 Å². The number of anilines is 2. The van der Waals surface area contributed by atoms with Crippen LogP contribution in [-0.2, 0) is 11.8 Å². The molecule has 3 aromatic heterocycles. The molecule has 4 heterocycles. The van der Waals surface area contributed by atoms with Crippen LogP contribution in [0.5, 0.6) is 0 Å². The van der Waals surface area contributed by atoms with Crippen LogP contribution in [-0.4, -0.2) is 47.1 Å². The second-order valence-electron chi connectivity index (χ2n) is 8.15. The molecule has 32 heavy (non-hydrogen) atoms. The average Bonchev–Trinajstić information content (AvgIpc) is 3.16. The van der Waals surface area contributed by atoms with E-state index < -0.39 is 0 Å². The topological polar surface area (TPSA) is 102 Å². The molecule has 1 aliphatic heterocycles. The van der Waals surface area contributed by atoms with E-state index in [0.29, 0.717) is 24.1 Å². The SMILES string of the molecule is Cc1cc(C)nc(Nc2cc([C@@H]3CCCCN3C(=O)/C=C/c3cnn(C)c3)nc(C)n2)n1. The summed E-state index contributed by atoms with van der Waals surface area (Å²) in [5.41, 5.74) is 3.49. The molecule has 1 fully saturated rings. The molecule has 0 saturated carbocycles. The second-order valence-corrected chi connectivity index (χ2v) is 8.15. The maximum Gasteiger partial charge on any atom is 0.247 e. The van der Waals surface area contributed by atoms with E-state index in [1.807, 2.05) is 51.0 Å². The van der Waals surface area contributed by atoms with Gasteiger partial charge in [0.15, 0.2) is 0 Å². The number of carbonyl (C=O) groups excluding carboxylic acids is 1. The van der Waals surface area contributed by atoms with Crippen molar-refractivity contribution in [3.05, 3.63) is 59.1 Å². The maximum absolute atomic E-state index is 13.0. The Morgan fingerprint density at radius 2 is 1.88 bits per heavy atom. The van der Waals surface area contributed by atoms with E-state index in [0.717, 1.165) is 41.9 Å². The van der Waals surface area contributed by atoms with Crippen molar-refractivity contribution in [2.75, 3.05) is 11.9 Å². The molecule has 1 amide bonds. The zero-order valence-electron chi connectivity index (χ0n) is 18.9. The van der Waals surface area contributed by atoms with Crippen LogP contribution in [0.25, 0.3) is 6.08 Å². The summed E-state index contributed by atoms with van der Waals surface area (Å²) < 4.78 is 1.71. The number of nitrogens with zero attached hydrogens (tertiary/aromatic N) is 7. The van der Waals surface area contributed by atoms with Crippen LogP contribution in [0.3, 0.4) is 0 Å². The van der Waals surface area contributed by atoms with E-state index >= 15 is 0 Å². The van der Waals surface area contributed by atoms with Crippen LogP contribution in [0.2, 0.25) is 0 Å².